The summed E-state index contributed by atoms with van der Waals surface area (Å²) in [5.41, 5.74) is 2.05. The Morgan fingerprint density at radius 3 is 2.62 bits per heavy atom. The second-order valence-corrected chi connectivity index (χ2v) is 4.65. The minimum atomic E-state index is -0.397. The molecule has 0 bridgehead atoms. The first-order valence-corrected chi connectivity index (χ1v) is 6.89. The van der Waals surface area contributed by atoms with Gasteiger partial charge in [-0.25, -0.2) is 0 Å². The van der Waals surface area contributed by atoms with E-state index in [1.54, 1.807) is 12.1 Å². The summed E-state index contributed by atoms with van der Waals surface area (Å²) in [4.78, 5) is 10.2. The number of hydrogen-bond donors (Lipinski definition) is 1. The molecule has 0 unspecified atom stereocenters. The fourth-order valence-electron chi connectivity index (χ4n) is 1.86. The topological polar surface area (TPSA) is 64.4 Å². The van der Waals surface area contributed by atoms with Gasteiger partial charge in [0.15, 0.2) is 0 Å². The van der Waals surface area contributed by atoms with Gasteiger partial charge in [-0.3, -0.25) is 10.1 Å². The van der Waals surface area contributed by atoms with E-state index in [0.717, 1.165) is 23.4 Å². The summed E-state index contributed by atoms with van der Waals surface area (Å²) in [6, 6.07) is 14.3. The van der Waals surface area contributed by atoms with Crippen molar-refractivity contribution in [1.29, 1.82) is 0 Å². The van der Waals surface area contributed by atoms with Gasteiger partial charge in [0.25, 0.3) is 5.69 Å². The highest BCUT2D eigenvalue weighted by Crippen LogP contribution is 2.19. The Bertz CT molecular complexity index is 597. The van der Waals surface area contributed by atoms with Crippen LogP contribution in [0.15, 0.2) is 48.5 Å². The molecule has 0 saturated heterocycles. The first kappa shape index (κ1) is 14.8. The number of nitro benzene ring substituents is 1. The molecule has 0 fully saturated rings. The van der Waals surface area contributed by atoms with E-state index in [0.29, 0.717) is 13.2 Å². The number of anilines is 1. The minimum absolute atomic E-state index is 0.105. The molecular formula is C16H18N2O3. The van der Waals surface area contributed by atoms with E-state index in [1.165, 1.54) is 12.1 Å². The molecule has 5 nitrogen and oxygen atoms in total. The van der Waals surface area contributed by atoms with Gasteiger partial charge >= 0.3 is 0 Å². The van der Waals surface area contributed by atoms with E-state index in [4.69, 9.17) is 4.74 Å². The average Bonchev–Trinajstić information content (AvgIpc) is 2.52. The lowest BCUT2D eigenvalue weighted by Gasteiger charge is -2.09. The molecule has 1 N–H and O–H groups in total. The summed E-state index contributed by atoms with van der Waals surface area (Å²) in [6.07, 6.45) is 0.973. The highest BCUT2D eigenvalue weighted by Gasteiger charge is 2.03. The van der Waals surface area contributed by atoms with Crippen LogP contribution in [0.25, 0.3) is 0 Å². The fourth-order valence-corrected chi connectivity index (χ4v) is 1.86. The Hall–Kier alpha value is -2.56. The lowest BCUT2D eigenvalue weighted by molar-refractivity contribution is -0.384. The monoisotopic (exact) mass is 286 g/mol. The summed E-state index contributed by atoms with van der Waals surface area (Å²) in [7, 11) is 0. The molecule has 0 heterocycles. The highest BCUT2D eigenvalue weighted by molar-refractivity contribution is 5.48. The van der Waals surface area contributed by atoms with Crippen molar-refractivity contribution >= 4 is 11.4 Å². The highest BCUT2D eigenvalue weighted by atomic mass is 16.6. The normalized spacial score (nSPS) is 10.1. The van der Waals surface area contributed by atoms with Crippen molar-refractivity contribution in [1.82, 2.24) is 0 Å². The predicted octanol–water partition coefficient (Wildman–Crippen LogP) is 4.00. The van der Waals surface area contributed by atoms with E-state index >= 15 is 0 Å². The fraction of sp³-hybridized carbons (Fsp3) is 0.250. The smallest absolute Gasteiger partial charge is 0.269 e. The van der Waals surface area contributed by atoms with Gasteiger partial charge in [0.1, 0.15) is 5.75 Å². The maximum atomic E-state index is 10.6. The third-order valence-electron chi connectivity index (χ3n) is 2.95. The van der Waals surface area contributed by atoms with Crippen LogP contribution in [0.4, 0.5) is 11.4 Å². The predicted molar refractivity (Wildman–Crippen MR) is 82.7 cm³/mol. The summed E-state index contributed by atoms with van der Waals surface area (Å²) >= 11 is 0. The Morgan fingerprint density at radius 1 is 1.19 bits per heavy atom. The van der Waals surface area contributed by atoms with Crippen molar-refractivity contribution < 1.29 is 9.66 Å². The number of hydrogen-bond acceptors (Lipinski definition) is 4. The van der Waals surface area contributed by atoms with Gasteiger partial charge in [0.2, 0.25) is 0 Å². The van der Waals surface area contributed by atoms with Gasteiger partial charge in [0, 0.05) is 30.4 Å². The molecule has 0 amide bonds. The first-order chi connectivity index (χ1) is 10.2. The Balaban J connectivity index is 1.94. The van der Waals surface area contributed by atoms with Crippen LogP contribution in [-0.4, -0.2) is 11.5 Å². The molecule has 2 aromatic carbocycles. The van der Waals surface area contributed by atoms with Gasteiger partial charge < -0.3 is 10.1 Å². The molecule has 5 heteroatoms. The first-order valence-electron chi connectivity index (χ1n) is 6.89. The summed E-state index contributed by atoms with van der Waals surface area (Å²) in [6.45, 7) is 3.37. The largest absolute Gasteiger partial charge is 0.494 e. The van der Waals surface area contributed by atoms with Gasteiger partial charge in [-0.15, -0.1) is 0 Å². The second-order valence-electron chi connectivity index (χ2n) is 4.65. The lowest BCUT2D eigenvalue weighted by Crippen LogP contribution is -2.00. The number of nitrogens with zero attached hydrogens (tertiary/aromatic N) is 1. The number of benzene rings is 2. The third-order valence-corrected chi connectivity index (χ3v) is 2.95. The van der Waals surface area contributed by atoms with Crippen molar-refractivity contribution in [3.05, 3.63) is 64.2 Å². The molecule has 110 valence electrons. The Kier molecular flexibility index (Phi) is 5.15. The molecule has 0 aromatic heterocycles. The number of rotatable bonds is 7. The molecular weight excluding hydrogens is 268 g/mol. The summed E-state index contributed by atoms with van der Waals surface area (Å²) < 4.78 is 5.57. The van der Waals surface area contributed by atoms with Crippen LogP contribution in [0.5, 0.6) is 5.75 Å². The second kappa shape index (κ2) is 7.28. The van der Waals surface area contributed by atoms with Crippen molar-refractivity contribution in [2.45, 2.75) is 19.9 Å². The van der Waals surface area contributed by atoms with E-state index in [-0.39, 0.29) is 5.69 Å². The van der Waals surface area contributed by atoms with E-state index < -0.39 is 4.92 Å². The van der Waals surface area contributed by atoms with Crippen LogP contribution in [0.1, 0.15) is 18.9 Å². The quantitative estimate of drug-likeness (QED) is 0.617. The van der Waals surface area contributed by atoms with E-state index in [1.807, 2.05) is 24.3 Å². The summed E-state index contributed by atoms with van der Waals surface area (Å²) in [5.74, 6) is 0.838. The maximum Gasteiger partial charge on any atom is 0.269 e. The van der Waals surface area contributed by atoms with Crippen LogP contribution < -0.4 is 10.1 Å². The minimum Gasteiger partial charge on any atom is -0.494 e. The zero-order valence-electron chi connectivity index (χ0n) is 11.9. The number of nitro groups is 1. The molecule has 0 aliphatic rings. The lowest BCUT2D eigenvalue weighted by atomic mass is 10.2. The molecule has 21 heavy (non-hydrogen) atoms. The van der Waals surface area contributed by atoms with Gasteiger partial charge in [-0.2, -0.15) is 0 Å². The van der Waals surface area contributed by atoms with Crippen LogP contribution in [0, 0.1) is 10.1 Å². The Morgan fingerprint density at radius 2 is 1.95 bits per heavy atom. The summed E-state index contributed by atoms with van der Waals surface area (Å²) in [5, 5.41) is 13.9. The van der Waals surface area contributed by atoms with Crippen molar-refractivity contribution in [3.8, 4) is 5.75 Å². The van der Waals surface area contributed by atoms with E-state index in [9.17, 15) is 10.1 Å². The SMILES string of the molecule is CCCOc1cccc(NCc2ccc([N+](=O)[O-])cc2)c1. The van der Waals surface area contributed by atoms with Crippen LogP contribution in [0.3, 0.4) is 0 Å². The molecule has 0 atom stereocenters. The molecule has 2 rings (SSSR count). The van der Waals surface area contributed by atoms with Crippen molar-refractivity contribution in [2.75, 3.05) is 11.9 Å². The molecule has 0 aliphatic carbocycles. The third kappa shape index (κ3) is 4.49. The number of nitrogens with one attached hydrogen (secondary N) is 1. The zero-order chi connectivity index (χ0) is 15.1. The van der Waals surface area contributed by atoms with Crippen LogP contribution >= 0.6 is 0 Å². The average molecular weight is 286 g/mol. The molecule has 2 aromatic rings. The van der Waals surface area contributed by atoms with Gasteiger partial charge in [0.05, 0.1) is 11.5 Å². The van der Waals surface area contributed by atoms with Crippen molar-refractivity contribution in [3.63, 3.8) is 0 Å². The van der Waals surface area contributed by atoms with Crippen molar-refractivity contribution in [2.24, 2.45) is 0 Å². The molecule has 0 aliphatic heterocycles. The molecule has 0 spiro atoms. The van der Waals surface area contributed by atoms with Crippen LogP contribution in [-0.2, 0) is 6.54 Å². The number of non-ortho nitro benzene ring substituents is 1. The van der Waals surface area contributed by atoms with Gasteiger partial charge in [-0.05, 0) is 24.1 Å². The van der Waals surface area contributed by atoms with Gasteiger partial charge in [-0.1, -0.05) is 25.1 Å². The van der Waals surface area contributed by atoms with Crippen LogP contribution in [0.2, 0.25) is 0 Å². The number of ether oxygens (including phenoxy) is 1. The maximum absolute atomic E-state index is 10.6. The molecule has 0 radical (unpaired) electrons. The van der Waals surface area contributed by atoms with E-state index in [2.05, 4.69) is 12.2 Å². The molecule has 0 saturated carbocycles. The zero-order valence-corrected chi connectivity index (χ0v) is 11.9. The standard InChI is InChI=1S/C16H18N2O3/c1-2-10-21-16-5-3-4-14(11-16)17-12-13-6-8-15(9-7-13)18(19)20/h3-9,11,17H,2,10,12H2,1H3. The Labute approximate surface area is 123 Å².